The Morgan fingerprint density at radius 1 is 1.20 bits per heavy atom. The highest BCUT2D eigenvalue weighted by Gasteiger charge is 2.20. The lowest BCUT2D eigenvalue weighted by Crippen LogP contribution is -2.38. The zero-order valence-corrected chi connectivity index (χ0v) is 9.40. The van der Waals surface area contributed by atoms with Crippen LogP contribution in [-0.4, -0.2) is 26.9 Å². The molecule has 3 heteroatoms. The van der Waals surface area contributed by atoms with Gasteiger partial charge >= 0.3 is 0 Å². The minimum atomic E-state index is -0.436. The summed E-state index contributed by atoms with van der Waals surface area (Å²) >= 11 is 0. The van der Waals surface area contributed by atoms with E-state index in [1.54, 1.807) is 7.11 Å². The van der Waals surface area contributed by atoms with E-state index in [4.69, 9.17) is 15.2 Å². The zero-order chi connectivity index (χ0) is 11.1. The second-order valence-corrected chi connectivity index (χ2v) is 3.83. The third-order valence-corrected chi connectivity index (χ3v) is 2.27. The van der Waals surface area contributed by atoms with Crippen molar-refractivity contribution >= 4 is 0 Å². The molecule has 1 atom stereocenters. The topological polar surface area (TPSA) is 44.5 Å². The van der Waals surface area contributed by atoms with E-state index in [1.807, 2.05) is 37.3 Å². The van der Waals surface area contributed by atoms with Crippen molar-refractivity contribution in [1.29, 1.82) is 0 Å². The normalized spacial score (nSPS) is 14.9. The maximum absolute atomic E-state index is 6.15. The molecule has 1 aromatic rings. The van der Waals surface area contributed by atoms with E-state index < -0.39 is 5.54 Å². The maximum atomic E-state index is 6.15. The lowest BCUT2D eigenvalue weighted by molar-refractivity contribution is 0.0460. The number of hydrogen-bond donors (Lipinski definition) is 1. The average Bonchev–Trinajstić information content (AvgIpc) is 2.26. The van der Waals surface area contributed by atoms with Crippen LogP contribution in [0.4, 0.5) is 0 Å². The van der Waals surface area contributed by atoms with Crippen LogP contribution in [0.25, 0.3) is 0 Å². The summed E-state index contributed by atoms with van der Waals surface area (Å²) in [5, 5.41) is 0. The van der Waals surface area contributed by atoms with Crippen LogP contribution in [0, 0.1) is 0 Å². The van der Waals surface area contributed by atoms with E-state index in [0.29, 0.717) is 19.8 Å². The molecule has 0 aliphatic rings. The first-order valence-corrected chi connectivity index (χ1v) is 5.08. The number of nitrogens with two attached hydrogens (primary N) is 1. The van der Waals surface area contributed by atoms with E-state index in [0.717, 1.165) is 5.56 Å². The lowest BCUT2D eigenvalue weighted by atomic mass is 9.94. The number of hydrogen-bond acceptors (Lipinski definition) is 3. The highest BCUT2D eigenvalue weighted by Crippen LogP contribution is 2.17. The smallest absolute Gasteiger partial charge is 0.0701 e. The SMILES string of the molecule is COCCOCC(C)(N)c1ccccc1. The van der Waals surface area contributed by atoms with Crippen LogP contribution in [0.3, 0.4) is 0 Å². The van der Waals surface area contributed by atoms with E-state index >= 15 is 0 Å². The van der Waals surface area contributed by atoms with Gasteiger partial charge in [0, 0.05) is 7.11 Å². The first kappa shape index (κ1) is 12.2. The fourth-order valence-corrected chi connectivity index (χ4v) is 1.33. The summed E-state index contributed by atoms with van der Waals surface area (Å²) in [5.41, 5.74) is 6.80. The molecule has 1 rings (SSSR count). The molecule has 84 valence electrons. The summed E-state index contributed by atoms with van der Waals surface area (Å²) in [5.74, 6) is 0. The molecule has 15 heavy (non-hydrogen) atoms. The van der Waals surface area contributed by atoms with Gasteiger partial charge in [-0.2, -0.15) is 0 Å². The largest absolute Gasteiger partial charge is 0.382 e. The molecule has 0 saturated carbocycles. The van der Waals surface area contributed by atoms with Crippen molar-refractivity contribution in [3.05, 3.63) is 35.9 Å². The Hall–Kier alpha value is -0.900. The van der Waals surface area contributed by atoms with Gasteiger partial charge in [-0.15, -0.1) is 0 Å². The molecular formula is C12H19NO2. The highest BCUT2D eigenvalue weighted by atomic mass is 16.5. The summed E-state index contributed by atoms with van der Waals surface area (Å²) in [6, 6.07) is 9.97. The van der Waals surface area contributed by atoms with Gasteiger partial charge in [0.15, 0.2) is 0 Å². The van der Waals surface area contributed by atoms with E-state index in [9.17, 15) is 0 Å². The Kier molecular flexibility index (Phi) is 4.75. The molecule has 1 unspecified atom stereocenters. The summed E-state index contributed by atoms with van der Waals surface area (Å²) < 4.78 is 10.3. The van der Waals surface area contributed by atoms with Crippen molar-refractivity contribution in [2.45, 2.75) is 12.5 Å². The second kappa shape index (κ2) is 5.85. The molecule has 0 saturated heterocycles. The van der Waals surface area contributed by atoms with Gasteiger partial charge in [0.1, 0.15) is 0 Å². The highest BCUT2D eigenvalue weighted by molar-refractivity contribution is 5.22. The Morgan fingerprint density at radius 3 is 2.47 bits per heavy atom. The minimum Gasteiger partial charge on any atom is -0.382 e. The molecular weight excluding hydrogens is 190 g/mol. The van der Waals surface area contributed by atoms with Crippen LogP contribution in [0.2, 0.25) is 0 Å². The van der Waals surface area contributed by atoms with E-state index in [-0.39, 0.29) is 0 Å². The number of rotatable bonds is 6. The van der Waals surface area contributed by atoms with Gasteiger partial charge in [-0.25, -0.2) is 0 Å². The maximum Gasteiger partial charge on any atom is 0.0701 e. The molecule has 0 aromatic heterocycles. The first-order chi connectivity index (χ1) is 7.17. The molecule has 0 aliphatic carbocycles. The standard InChI is InChI=1S/C12H19NO2/c1-12(13,10-15-9-8-14-2)11-6-4-3-5-7-11/h3-7H,8-10,13H2,1-2H3. The summed E-state index contributed by atoms with van der Waals surface area (Å²) in [4.78, 5) is 0. The van der Waals surface area contributed by atoms with Crippen molar-refractivity contribution in [2.75, 3.05) is 26.9 Å². The predicted molar refractivity (Wildman–Crippen MR) is 60.7 cm³/mol. The molecule has 0 fully saturated rings. The fourth-order valence-electron chi connectivity index (χ4n) is 1.33. The van der Waals surface area contributed by atoms with Crippen LogP contribution in [-0.2, 0) is 15.0 Å². The Balaban J connectivity index is 2.45. The van der Waals surface area contributed by atoms with Crippen LogP contribution >= 0.6 is 0 Å². The van der Waals surface area contributed by atoms with Gasteiger partial charge < -0.3 is 15.2 Å². The number of methoxy groups -OCH3 is 1. The molecule has 0 spiro atoms. The molecule has 0 bridgehead atoms. The van der Waals surface area contributed by atoms with Crippen LogP contribution in [0.5, 0.6) is 0 Å². The molecule has 3 nitrogen and oxygen atoms in total. The quantitative estimate of drug-likeness (QED) is 0.722. The first-order valence-electron chi connectivity index (χ1n) is 5.08. The molecule has 0 amide bonds. The van der Waals surface area contributed by atoms with Crippen molar-refractivity contribution < 1.29 is 9.47 Å². The number of ether oxygens (including phenoxy) is 2. The van der Waals surface area contributed by atoms with Crippen LogP contribution in [0.15, 0.2) is 30.3 Å². The summed E-state index contributed by atoms with van der Waals surface area (Å²) in [7, 11) is 1.65. The van der Waals surface area contributed by atoms with Crippen molar-refractivity contribution in [3.8, 4) is 0 Å². The molecule has 0 aliphatic heterocycles. The Bertz CT molecular complexity index is 272. The fraction of sp³-hybridized carbons (Fsp3) is 0.500. The average molecular weight is 209 g/mol. The molecule has 2 N–H and O–H groups in total. The van der Waals surface area contributed by atoms with Gasteiger partial charge in [0.05, 0.1) is 25.4 Å². The summed E-state index contributed by atoms with van der Waals surface area (Å²) in [6.07, 6.45) is 0. The third kappa shape index (κ3) is 4.00. The lowest BCUT2D eigenvalue weighted by Gasteiger charge is -2.24. The Labute approximate surface area is 91.2 Å². The number of benzene rings is 1. The molecule has 1 aromatic carbocycles. The Morgan fingerprint density at radius 2 is 1.87 bits per heavy atom. The van der Waals surface area contributed by atoms with Crippen molar-refractivity contribution in [3.63, 3.8) is 0 Å². The van der Waals surface area contributed by atoms with Crippen molar-refractivity contribution in [2.24, 2.45) is 5.73 Å². The predicted octanol–water partition coefficient (Wildman–Crippen LogP) is 1.52. The van der Waals surface area contributed by atoms with Crippen molar-refractivity contribution in [1.82, 2.24) is 0 Å². The van der Waals surface area contributed by atoms with E-state index in [1.165, 1.54) is 0 Å². The van der Waals surface area contributed by atoms with Crippen LogP contribution < -0.4 is 5.73 Å². The van der Waals surface area contributed by atoms with Gasteiger partial charge in [0.25, 0.3) is 0 Å². The zero-order valence-electron chi connectivity index (χ0n) is 9.40. The minimum absolute atomic E-state index is 0.436. The van der Waals surface area contributed by atoms with Gasteiger partial charge in [-0.05, 0) is 12.5 Å². The van der Waals surface area contributed by atoms with Crippen LogP contribution in [0.1, 0.15) is 12.5 Å². The van der Waals surface area contributed by atoms with E-state index in [2.05, 4.69) is 0 Å². The molecule has 0 heterocycles. The molecule has 0 radical (unpaired) electrons. The van der Waals surface area contributed by atoms with Gasteiger partial charge in [0.2, 0.25) is 0 Å². The monoisotopic (exact) mass is 209 g/mol. The third-order valence-electron chi connectivity index (χ3n) is 2.27. The van der Waals surface area contributed by atoms with Gasteiger partial charge in [-0.3, -0.25) is 0 Å². The second-order valence-electron chi connectivity index (χ2n) is 3.83. The van der Waals surface area contributed by atoms with Gasteiger partial charge in [-0.1, -0.05) is 30.3 Å². The summed E-state index contributed by atoms with van der Waals surface area (Å²) in [6.45, 7) is 3.65.